The second-order valence-corrected chi connectivity index (χ2v) is 6.76. The molecule has 0 aliphatic rings. The highest BCUT2D eigenvalue weighted by Crippen LogP contribution is 2.20. The summed E-state index contributed by atoms with van der Waals surface area (Å²) in [7, 11) is -3.88. The number of H-pyrrole nitrogens is 1. The van der Waals surface area contributed by atoms with Crippen LogP contribution in [0.2, 0.25) is 0 Å². The summed E-state index contributed by atoms with van der Waals surface area (Å²) in [6.45, 7) is 1.95. The molecule has 2 N–H and O–H groups in total. The topological polar surface area (TPSA) is 118 Å². The van der Waals surface area contributed by atoms with Gasteiger partial charge in [-0.05, 0) is 43.3 Å². The van der Waals surface area contributed by atoms with Crippen molar-refractivity contribution in [3.8, 4) is 0 Å². The van der Waals surface area contributed by atoms with E-state index < -0.39 is 21.7 Å². The molecule has 25 heavy (non-hydrogen) atoms. The Morgan fingerprint density at radius 3 is 2.60 bits per heavy atom. The second kappa shape index (κ2) is 6.44. The van der Waals surface area contributed by atoms with Crippen LogP contribution in [0.4, 0.5) is 5.69 Å². The van der Waals surface area contributed by atoms with Crippen LogP contribution < -0.4 is 10.5 Å². The molecule has 3 aromatic rings. The van der Waals surface area contributed by atoms with Gasteiger partial charge in [0, 0.05) is 11.8 Å². The lowest BCUT2D eigenvalue weighted by Crippen LogP contribution is -2.13. The molecule has 9 heteroatoms. The van der Waals surface area contributed by atoms with Crippen LogP contribution in [-0.2, 0) is 14.8 Å². The average molecular weight is 362 g/mol. The largest absolute Gasteiger partial charge is 0.462 e. The quantitative estimate of drug-likeness (QED) is 0.671. The third-order valence-electron chi connectivity index (χ3n) is 3.35. The third kappa shape index (κ3) is 3.56. The van der Waals surface area contributed by atoms with Gasteiger partial charge >= 0.3 is 11.7 Å². The lowest BCUT2D eigenvalue weighted by molar-refractivity contribution is 0.0526. The SMILES string of the molecule is CCOC(=O)c1ccc(NS(=O)(=O)c2ccc3[nH]c(=O)oc3c2)cc1. The molecule has 2 aromatic carbocycles. The molecule has 0 bridgehead atoms. The fraction of sp³-hybridized carbons (Fsp3) is 0.125. The van der Waals surface area contributed by atoms with Crippen LogP contribution in [0.15, 0.2) is 56.6 Å². The number of nitrogens with one attached hydrogen (secondary N) is 2. The van der Waals surface area contributed by atoms with E-state index in [1.807, 2.05) is 0 Å². The number of benzene rings is 2. The summed E-state index contributed by atoms with van der Waals surface area (Å²) in [6.07, 6.45) is 0. The van der Waals surface area contributed by atoms with Gasteiger partial charge in [0.2, 0.25) is 0 Å². The van der Waals surface area contributed by atoms with Crippen molar-refractivity contribution in [1.82, 2.24) is 4.98 Å². The van der Waals surface area contributed by atoms with Gasteiger partial charge in [-0.15, -0.1) is 0 Å². The number of rotatable bonds is 5. The maximum absolute atomic E-state index is 12.4. The van der Waals surface area contributed by atoms with Crippen molar-refractivity contribution in [2.45, 2.75) is 11.8 Å². The number of hydrogen-bond acceptors (Lipinski definition) is 6. The van der Waals surface area contributed by atoms with Crippen molar-refractivity contribution in [3.63, 3.8) is 0 Å². The standard InChI is InChI=1S/C16H14N2O6S/c1-2-23-15(19)10-3-5-11(6-4-10)18-25(21,22)12-7-8-13-14(9-12)24-16(20)17-13/h3-9,18H,2H2,1H3,(H,17,20). The van der Waals surface area contributed by atoms with Gasteiger partial charge in [0.15, 0.2) is 5.58 Å². The molecule has 0 saturated heterocycles. The number of fused-ring (bicyclic) bond motifs is 1. The smallest absolute Gasteiger partial charge is 0.417 e. The van der Waals surface area contributed by atoms with Crippen molar-refractivity contribution in [1.29, 1.82) is 0 Å². The molecule has 0 unspecified atom stereocenters. The molecule has 0 radical (unpaired) electrons. The van der Waals surface area contributed by atoms with Crippen molar-refractivity contribution in [3.05, 3.63) is 58.6 Å². The maximum atomic E-state index is 12.4. The van der Waals surface area contributed by atoms with Crippen LogP contribution in [0.1, 0.15) is 17.3 Å². The number of aromatic amines is 1. The van der Waals surface area contributed by atoms with Crippen molar-refractivity contribution in [2.24, 2.45) is 0 Å². The normalized spacial score (nSPS) is 11.4. The van der Waals surface area contributed by atoms with Gasteiger partial charge in [-0.1, -0.05) is 0 Å². The fourth-order valence-corrected chi connectivity index (χ4v) is 3.27. The number of hydrogen-bond donors (Lipinski definition) is 2. The first-order valence-electron chi connectivity index (χ1n) is 7.32. The molecule has 130 valence electrons. The van der Waals surface area contributed by atoms with E-state index in [1.165, 1.54) is 42.5 Å². The van der Waals surface area contributed by atoms with E-state index in [-0.39, 0.29) is 22.8 Å². The predicted octanol–water partition coefficient (Wildman–Crippen LogP) is 2.10. The zero-order chi connectivity index (χ0) is 18.0. The van der Waals surface area contributed by atoms with Crippen LogP contribution in [0, 0.1) is 0 Å². The zero-order valence-corrected chi connectivity index (χ0v) is 13.9. The Kier molecular flexibility index (Phi) is 4.32. The first-order chi connectivity index (χ1) is 11.9. The van der Waals surface area contributed by atoms with Gasteiger partial charge in [0.05, 0.1) is 22.6 Å². The molecular weight excluding hydrogens is 348 g/mol. The first kappa shape index (κ1) is 16.8. The summed E-state index contributed by atoms with van der Waals surface area (Å²) in [4.78, 5) is 25.1. The average Bonchev–Trinajstić information content (AvgIpc) is 2.94. The number of carbonyl (C=O) groups is 1. The molecule has 3 rings (SSSR count). The molecule has 1 aromatic heterocycles. The summed E-state index contributed by atoms with van der Waals surface area (Å²) in [5.41, 5.74) is 1.15. The maximum Gasteiger partial charge on any atom is 0.417 e. The van der Waals surface area contributed by atoms with Gasteiger partial charge in [-0.3, -0.25) is 9.71 Å². The Morgan fingerprint density at radius 2 is 1.92 bits per heavy atom. The Morgan fingerprint density at radius 1 is 1.20 bits per heavy atom. The van der Waals surface area contributed by atoms with Crippen LogP contribution in [0.25, 0.3) is 11.1 Å². The highest BCUT2D eigenvalue weighted by Gasteiger charge is 2.16. The molecule has 0 saturated carbocycles. The number of anilines is 1. The Balaban J connectivity index is 1.84. The van der Waals surface area contributed by atoms with E-state index in [1.54, 1.807) is 6.92 Å². The molecule has 0 aliphatic heterocycles. The number of esters is 1. The van der Waals surface area contributed by atoms with Crippen LogP contribution in [0.5, 0.6) is 0 Å². The third-order valence-corrected chi connectivity index (χ3v) is 4.73. The molecule has 0 fully saturated rings. The number of oxazole rings is 1. The van der Waals surface area contributed by atoms with Gasteiger partial charge in [0.25, 0.3) is 10.0 Å². The van der Waals surface area contributed by atoms with E-state index in [0.717, 1.165) is 0 Å². The summed E-state index contributed by atoms with van der Waals surface area (Å²) in [6, 6.07) is 9.89. The van der Waals surface area contributed by atoms with Gasteiger partial charge in [-0.2, -0.15) is 0 Å². The van der Waals surface area contributed by atoms with E-state index in [0.29, 0.717) is 11.1 Å². The van der Waals surface area contributed by atoms with E-state index >= 15 is 0 Å². The minimum absolute atomic E-state index is 0.0581. The summed E-state index contributed by atoms with van der Waals surface area (Å²) in [5, 5.41) is 0. The van der Waals surface area contributed by atoms with Gasteiger partial charge < -0.3 is 9.15 Å². The Hall–Kier alpha value is -3.07. The summed E-state index contributed by atoms with van der Waals surface area (Å²) < 4.78 is 37.0. The Bertz CT molecular complexity index is 1080. The summed E-state index contributed by atoms with van der Waals surface area (Å²) in [5.74, 6) is -1.14. The minimum Gasteiger partial charge on any atom is -0.462 e. The van der Waals surface area contributed by atoms with Crippen molar-refractivity contribution >= 4 is 32.8 Å². The van der Waals surface area contributed by atoms with Crippen molar-refractivity contribution in [2.75, 3.05) is 11.3 Å². The van der Waals surface area contributed by atoms with Crippen LogP contribution in [0.3, 0.4) is 0 Å². The number of carbonyl (C=O) groups excluding carboxylic acids is 1. The number of sulfonamides is 1. The van der Waals surface area contributed by atoms with Gasteiger partial charge in [-0.25, -0.2) is 18.0 Å². The highest BCUT2D eigenvalue weighted by molar-refractivity contribution is 7.92. The molecule has 0 atom stereocenters. The molecule has 8 nitrogen and oxygen atoms in total. The highest BCUT2D eigenvalue weighted by atomic mass is 32.2. The molecule has 0 spiro atoms. The molecule has 0 aliphatic carbocycles. The van der Waals surface area contributed by atoms with E-state index in [9.17, 15) is 18.0 Å². The second-order valence-electron chi connectivity index (χ2n) is 5.08. The molecular formula is C16H14N2O6S. The molecule has 1 heterocycles. The Labute approximate surface area is 142 Å². The van der Waals surface area contributed by atoms with Gasteiger partial charge in [0.1, 0.15) is 0 Å². The predicted molar refractivity (Wildman–Crippen MR) is 90.0 cm³/mol. The number of aromatic nitrogens is 1. The lowest BCUT2D eigenvalue weighted by atomic mass is 10.2. The van der Waals surface area contributed by atoms with Crippen LogP contribution >= 0.6 is 0 Å². The monoisotopic (exact) mass is 362 g/mol. The van der Waals surface area contributed by atoms with E-state index in [4.69, 9.17) is 9.15 Å². The lowest BCUT2D eigenvalue weighted by Gasteiger charge is -2.08. The zero-order valence-electron chi connectivity index (χ0n) is 13.1. The molecule has 0 amide bonds. The fourth-order valence-electron chi connectivity index (χ4n) is 2.20. The minimum atomic E-state index is -3.88. The van der Waals surface area contributed by atoms with Crippen molar-refractivity contribution < 1.29 is 22.4 Å². The van der Waals surface area contributed by atoms with E-state index in [2.05, 4.69) is 9.71 Å². The first-order valence-corrected chi connectivity index (χ1v) is 8.80. The number of ether oxygens (including phenoxy) is 1. The summed E-state index contributed by atoms with van der Waals surface area (Å²) >= 11 is 0. The van der Waals surface area contributed by atoms with Crippen LogP contribution in [-0.4, -0.2) is 26.0 Å².